The van der Waals surface area contributed by atoms with E-state index in [1.165, 1.54) is 6.92 Å². The van der Waals surface area contributed by atoms with Gasteiger partial charge < -0.3 is 20.4 Å². The van der Waals surface area contributed by atoms with E-state index in [9.17, 15) is 19.2 Å². The van der Waals surface area contributed by atoms with E-state index in [1.54, 1.807) is 29.2 Å². The average Bonchev–Trinajstić information content (AvgIpc) is 3.44. The molecule has 8 heteroatoms. The second kappa shape index (κ2) is 8.35. The zero-order chi connectivity index (χ0) is 23.1. The van der Waals surface area contributed by atoms with Crippen LogP contribution in [0.25, 0.3) is 0 Å². The van der Waals surface area contributed by atoms with E-state index in [0.717, 1.165) is 36.2 Å². The van der Waals surface area contributed by atoms with E-state index in [-0.39, 0.29) is 36.0 Å². The van der Waals surface area contributed by atoms with Gasteiger partial charge in [0.05, 0.1) is 5.92 Å². The fraction of sp³-hybridized carbons (Fsp3) is 0.360. The number of carbonyl (C=O) groups excluding carboxylic acids is 4. The van der Waals surface area contributed by atoms with E-state index >= 15 is 0 Å². The molecule has 1 saturated carbocycles. The number of nitrogens with one attached hydrogen (secondary N) is 2. The van der Waals surface area contributed by atoms with Crippen LogP contribution in [-0.2, 0) is 25.6 Å². The maximum atomic E-state index is 12.8. The molecule has 2 fully saturated rings. The molecule has 1 unspecified atom stereocenters. The third-order valence-corrected chi connectivity index (χ3v) is 6.43. The molecule has 33 heavy (non-hydrogen) atoms. The fourth-order valence-corrected chi connectivity index (χ4v) is 4.55. The maximum absolute atomic E-state index is 12.8. The van der Waals surface area contributed by atoms with Gasteiger partial charge >= 0.3 is 0 Å². The summed E-state index contributed by atoms with van der Waals surface area (Å²) in [4.78, 5) is 52.6. The minimum atomic E-state index is -0.450. The van der Waals surface area contributed by atoms with Crippen LogP contribution in [-0.4, -0.2) is 36.7 Å². The topological polar surface area (TPSA) is 98.8 Å². The summed E-state index contributed by atoms with van der Waals surface area (Å²) >= 11 is 0. The summed E-state index contributed by atoms with van der Waals surface area (Å²) in [5.74, 6) is -0.517. The lowest BCUT2D eigenvalue weighted by Crippen LogP contribution is -2.30. The number of anilines is 4. The Morgan fingerprint density at radius 2 is 1.64 bits per heavy atom. The van der Waals surface area contributed by atoms with Crippen LogP contribution in [0.15, 0.2) is 42.5 Å². The Labute approximate surface area is 191 Å². The van der Waals surface area contributed by atoms with E-state index in [4.69, 9.17) is 0 Å². The Morgan fingerprint density at radius 1 is 0.939 bits per heavy atom. The third-order valence-electron chi connectivity index (χ3n) is 6.43. The first-order valence-corrected chi connectivity index (χ1v) is 11.3. The van der Waals surface area contributed by atoms with Crippen LogP contribution in [0, 0.1) is 11.8 Å². The lowest BCUT2D eigenvalue weighted by Gasteiger charge is -2.20. The first kappa shape index (κ1) is 21.2. The van der Waals surface area contributed by atoms with Crippen LogP contribution in [0.4, 0.5) is 22.7 Å². The molecule has 2 aliphatic heterocycles. The summed E-state index contributed by atoms with van der Waals surface area (Å²) in [7, 11) is 0. The SMILES string of the molecule is CC(=O)Nc1ccc(NC(=O)C2CC(=O)N(c3ccc4c(c3)CCN4C(=O)C3CC3)C2)cc1. The number of hydrogen-bond acceptors (Lipinski definition) is 4. The number of hydrogen-bond donors (Lipinski definition) is 2. The minimum absolute atomic E-state index is 0.0833. The van der Waals surface area contributed by atoms with Crippen molar-refractivity contribution < 1.29 is 19.2 Å². The molecule has 8 nitrogen and oxygen atoms in total. The second-order valence-electron chi connectivity index (χ2n) is 8.98. The molecule has 0 aromatic heterocycles. The second-order valence-corrected chi connectivity index (χ2v) is 8.98. The monoisotopic (exact) mass is 446 g/mol. The van der Waals surface area contributed by atoms with E-state index < -0.39 is 5.92 Å². The predicted octanol–water partition coefficient (Wildman–Crippen LogP) is 2.94. The number of rotatable bonds is 5. The van der Waals surface area contributed by atoms with Gasteiger partial charge in [0.1, 0.15) is 0 Å². The first-order chi connectivity index (χ1) is 15.9. The van der Waals surface area contributed by atoms with Crippen LogP contribution in [0.2, 0.25) is 0 Å². The predicted molar refractivity (Wildman–Crippen MR) is 125 cm³/mol. The number of nitrogens with zero attached hydrogens (tertiary/aromatic N) is 2. The quantitative estimate of drug-likeness (QED) is 0.738. The smallest absolute Gasteiger partial charge is 0.230 e. The molecule has 1 saturated heterocycles. The number of carbonyl (C=O) groups is 4. The van der Waals surface area contributed by atoms with Crippen molar-refractivity contribution in [1.82, 2.24) is 0 Å². The van der Waals surface area contributed by atoms with Gasteiger partial charge in [0, 0.05) is 55.1 Å². The highest BCUT2D eigenvalue weighted by Gasteiger charge is 2.38. The van der Waals surface area contributed by atoms with E-state index in [0.29, 0.717) is 24.5 Å². The van der Waals surface area contributed by atoms with Crippen LogP contribution >= 0.6 is 0 Å². The maximum Gasteiger partial charge on any atom is 0.230 e. The van der Waals surface area contributed by atoms with Gasteiger partial charge in [-0.15, -0.1) is 0 Å². The average molecular weight is 447 g/mol. The van der Waals surface area contributed by atoms with Crippen molar-refractivity contribution in [2.45, 2.75) is 32.6 Å². The van der Waals surface area contributed by atoms with Gasteiger partial charge in [-0.05, 0) is 67.3 Å². The molecule has 170 valence electrons. The zero-order valence-electron chi connectivity index (χ0n) is 18.5. The number of amides is 4. The van der Waals surface area contributed by atoms with Crippen LogP contribution in [0.1, 0.15) is 31.7 Å². The summed E-state index contributed by atoms with van der Waals surface area (Å²) < 4.78 is 0. The van der Waals surface area contributed by atoms with Gasteiger partial charge in [0.2, 0.25) is 23.6 Å². The van der Waals surface area contributed by atoms with Gasteiger partial charge in [-0.3, -0.25) is 19.2 Å². The summed E-state index contributed by atoms with van der Waals surface area (Å²) in [5.41, 5.74) is 4.05. The molecule has 2 heterocycles. The zero-order valence-corrected chi connectivity index (χ0v) is 18.5. The molecule has 2 N–H and O–H groups in total. The van der Waals surface area contributed by atoms with Crippen molar-refractivity contribution in [1.29, 1.82) is 0 Å². The van der Waals surface area contributed by atoms with Crippen molar-refractivity contribution >= 4 is 46.4 Å². The molecular formula is C25H26N4O4. The van der Waals surface area contributed by atoms with Crippen LogP contribution < -0.4 is 20.4 Å². The van der Waals surface area contributed by atoms with Gasteiger partial charge in [-0.2, -0.15) is 0 Å². The van der Waals surface area contributed by atoms with E-state index in [2.05, 4.69) is 10.6 Å². The van der Waals surface area contributed by atoms with Crippen molar-refractivity contribution in [3.05, 3.63) is 48.0 Å². The van der Waals surface area contributed by atoms with Crippen LogP contribution in [0.5, 0.6) is 0 Å². The van der Waals surface area contributed by atoms with Gasteiger partial charge in [0.15, 0.2) is 0 Å². The molecular weight excluding hydrogens is 420 g/mol. The highest BCUT2D eigenvalue weighted by atomic mass is 16.2. The number of fused-ring (bicyclic) bond motifs is 1. The normalized spacial score (nSPS) is 19.4. The molecule has 0 radical (unpaired) electrons. The standard InChI is InChI=1S/C25H26N4O4/c1-15(30)26-19-4-6-20(7-5-19)27-24(32)18-13-23(31)29(14-18)21-8-9-22-17(12-21)10-11-28(22)25(33)16-2-3-16/h4-9,12,16,18H,2-3,10-11,13-14H2,1H3,(H,26,30)(H,27,32). The molecule has 0 spiro atoms. The van der Waals surface area contributed by atoms with Gasteiger partial charge in [-0.1, -0.05) is 0 Å². The van der Waals surface area contributed by atoms with Crippen molar-refractivity contribution in [2.24, 2.45) is 11.8 Å². The van der Waals surface area contributed by atoms with E-state index in [1.807, 2.05) is 23.1 Å². The highest BCUT2D eigenvalue weighted by molar-refractivity contribution is 6.04. The molecule has 4 amide bonds. The summed E-state index contributed by atoms with van der Waals surface area (Å²) in [5, 5.41) is 5.54. The van der Waals surface area contributed by atoms with Crippen molar-refractivity contribution in [2.75, 3.05) is 33.5 Å². The molecule has 5 rings (SSSR count). The Balaban J connectivity index is 1.24. The van der Waals surface area contributed by atoms with Gasteiger partial charge in [-0.25, -0.2) is 0 Å². The Bertz CT molecular complexity index is 1140. The third kappa shape index (κ3) is 4.33. The summed E-state index contributed by atoms with van der Waals surface area (Å²) in [6, 6.07) is 12.6. The molecule has 3 aliphatic rings. The first-order valence-electron chi connectivity index (χ1n) is 11.3. The number of benzene rings is 2. The Kier molecular flexibility index (Phi) is 5.36. The molecule has 2 aromatic carbocycles. The van der Waals surface area contributed by atoms with Crippen LogP contribution in [0.3, 0.4) is 0 Å². The van der Waals surface area contributed by atoms with Crippen molar-refractivity contribution in [3.8, 4) is 0 Å². The molecule has 0 bridgehead atoms. The Morgan fingerprint density at radius 3 is 2.30 bits per heavy atom. The minimum Gasteiger partial charge on any atom is -0.326 e. The summed E-state index contributed by atoms with van der Waals surface area (Å²) in [6.07, 6.45) is 2.89. The molecule has 1 aliphatic carbocycles. The molecule has 1 atom stereocenters. The fourth-order valence-electron chi connectivity index (χ4n) is 4.55. The van der Waals surface area contributed by atoms with Crippen molar-refractivity contribution in [3.63, 3.8) is 0 Å². The molecule has 2 aromatic rings. The Hall–Kier alpha value is -3.68. The lowest BCUT2D eigenvalue weighted by atomic mass is 10.1. The summed E-state index contributed by atoms with van der Waals surface area (Å²) in [6.45, 7) is 2.44. The lowest BCUT2D eigenvalue weighted by molar-refractivity contribution is -0.122. The largest absolute Gasteiger partial charge is 0.326 e. The van der Waals surface area contributed by atoms with Gasteiger partial charge in [0.25, 0.3) is 0 Å². The highest BCUT2D eigenvalue weighted by Crippen LogP contribution is 2.38.